The van der Waals surface area contributed by atoms with Gasteiger partial charge in [-0.2, -0.15) is 4.98 Å². The minimum absolute atomic E-state index is 0.105. The van der Waals surface area contributed by atoms with Gasteiger partial charge in [-0.3, -0.25) is 9.36 Å². The monoisotopic (exact) mass is 496 g/mol. The molecule has 0 unspecified atom stereocenters. The Morgan fingerprint density at radius 2 is 1.89 bits per heavy atom. The highest BCUT2D eigenvalue weighted by molar-refractivity contribution is 6.31. The summed E-state index contributed by atoms with van der Waals surface area (Å²) in [7, 11) is 1.27. The lowest BCUT2D eigenvalue weighted by molar-refractivity contribution is -0.145. The molecule has 184 valence electrons. The number of hydrogen-bond donors (Lipinski definition) is 1. The fourth-order valence-electron chi connectivity index (χ4n) is 3.90. The van der Waals surface area contributed by atoms with Crippen molar-refractivity contribution in [1.82, 2.24) is 14.1 Å². The maximum atomic E-state index is 13.4. The molecule has 0 radical (unpaired) electrons. The van der Waals surface area contributed by atoms with Crippen molar-refractivity contribution in [3.63, 3.8) is 0 Å². The van der Waals surface area contributed by atoms with Gasteiger partial charge >= 0.3 is 17.3 Å². The summed E-state index contributed by atoms with van der Waals surface area (Å²) in [6.07, 6.45) is 3.41. The standard InChI is InChI=1S/C26H29ClN4O4/c1-16-4-6-19(7-5-16)15-30-24(28-21-11-10-20(22(27)13-21)12-18-8-9-18)29-25(33)31(26(30)34)14-17(2)23(32)35-3/h4-7,10-11,13,17-18H,8-9,12,14-15H2,1-3H3,(H,28,29,33)/t17-/m0/s1. The summed E-state index contributed by atoms with van der Waals surface area (Å²) in [6.45, 7) is 3.64. The Morgan fingerprint density at radius 1 is 1.17 bits per heavy atom. The molecule has 9 heteroatoms. The molecule has 1 saturated carbocycles. The van der Waals surface area contributed by atoms with Crippen molar-refractivity contribution in [2.75, 3.05) is 12.4 Å². The van der Waals surface area contributed by atoms with E-state index in [0.717, 1.165) is 27.7 Å². The van der Waals surface area contributed by atoms with Gasteiger partial charge in [-0.05, 0) is 55.4 Å². The van der Waals surface area contributed by atoms with Gasteiger partial charge in [0.1, 0.15) is 0 Å². The number of nitrogens with zero attached hydrogens (tertiary/aromatic N) is 3. The predicted molar refractivity (Wildman–Crippen MR) is 135 cm³/mol. The molecule has 1 fully saturated rings. The number of benzene rings is 2. The van der Waals surface area contributed by atoms with Gasteiger partial charge in [-0.1, -0.05) is 54.4 Å². The number of halogens is 1. The fraction of sp³-hybridized carbons (Fsp3) is 0.385. The Balaban J connectivity index is 1.71. The second-order valence-corrected chi connectivity index (χ2v) is 9.59. The fourth-order valence-corrected chi connectivity index (χ4v) is 4.16. The lowest BCUT2D eigenvalue weighted by atomic mass is 10.1. The first-order valence-electron chi connectivity index (χ1n) is 11.7. The van der Waals surface area contributed by atoms with Crippen LogP contribution in [0.2, 0.25) is 5.02 Å². The first-order valence-corrected chi connectivity index (χ1v) is 12.0. The lowest BCUT2D eigenvalue weighted by Gasteiger charge is -2.17. The number of esters is 1. The van der Waals surface area contributed by atoms with Crippen LogP contribution < -0.4 is 16.7 Å². The Labute approximate surface area is 208 Å². The van der Waals surface area contributed by atoms with E-state index in [-0.39, 0.29) is 19.0 Å². The molecule has 1 heterocycles. The zero-order valence-corrected chi connectivity index (χ0v) is 20.8. The number of aromatic nitrogens is 3. The van der Waals surface area contributed by atoms with E-state index in [9.17, 15) is 14.4 Å². The third kappa shape index (κ3) is 6.00. The van der Waals surface area contributed by atoms with E-state index in [1.54, 1.807) is 13.0 Å². The number of rotatable bonds is 9. The summed E-state index contributed by atoms with van der Waals surface area (Å²) < 4.78 is 7.10. The van der Waals surface area contributed by atoms with Crippen LogP contribution in [-0.2, 0) is 29.0 Å². The first-order chi connectivity index (χ1) is 16.7. The van der Waals surface area contributed by atoms with Crippen molar-refractivity contribution < 1.29 is 9.53 Å². The van der Waals surface area contributed by atoms with E-state index in [1.165, 1.54) is 24.5 Å². The van der Waals surface area contributed by atoms with Gasteiger partial charge in [-0.25, -0.2) is 14.2 Å². The van der Waals surface area contributed by atoms with Gasteiger partial charge in [0.2, 0.25) is 5.95 Å². The molecule has 1 aromatic heterocycles. The van der Waals surface area contributed by atoms with Gasteiger partial charge < -0.3 is 10.1 Å². The van der Waals surface area contributed by atoms with Gasteiger partial charge in [0.25, 0.3) is 0 Å². The molecule has 0 bridgehead atoms. The van der Waals surface area contributed by atoms with Gasteiger partial charge in [0, 0.05) is 17.3 Å². The van der Waals surface area contributed by atoms with Crippen molar-refractivity contribution in [2.24, 2.45) is 11.8 Å². The molecule has 0 amide bonds. The average Bonchev–Trinajstić information content (AvgIpc) is 3.65. The molecule has 1 atom stereocenters. The Bertz CT molecular complexity index is 1340. The largest absolute Gasteiger partial charge is 0.469 e. The minimum Gasteiger partial charge on any atom is -0.469 e. The van der Waals surface area contributed by atoms with Crippen LogP contribution in [0.3, 0.4) is 0 Å². The Kier molecular flexibility index (Phi) is 7.40. The van der Waals surface area contributed by atoms with Crippen LogP contribution in [0.15, 0.2) is 52.1 Å². The van der Waals surface area contributed by atoms with Crippen LogP contribution in [0, 0.1) is 18.8 Å². The van der Waals surface area contributed by atoms with Crippen molar-refractivity contribution in [3.8, 4) is 0 Å². The number of anilines is 2. The maximum absolute atomic E-state index is 13.4. The molecule has 2 aromatic carbocycles. The number of aryl methyl sites for hydroxylation is 1. The molecule has 1 aliphatic carbocycles. The highest BCUT2D eigenvalue weighted by Gasteiger charge is 2.23. The molecular weight excluding hydrogens is 468 g/mol. The van der Waals surface area contributed by atoms with Crippen LogP contribution in [-0.4, -0.2) is 27.2 Å². The molecule has 0 saturated heterocycles. The quantitative estimate of drug-likeness (QED) is 0.451. The number of methoxy groups -OCH3 is 1. The van der Waals surface area contributed by atoms with Crippen LogP contribution in [0.1, 0.15) is 36.5 Å². The third-order valence-corrected chi connectivity index (χ3v) is 6.54. The molecule has 0 spiro atoms. The molecule has 4 rings (SSSR count). The van der Waals surface area contributed by atoms with Crippen LogP contribution in [0.5, 0.6) is 0 Å². The number of nitrogens with one attached hydrogen (secondary N) is 1. The van der Waals surface area contributed by atoms with E-state index in [4.69, 9.17) is 16.3 Å². The summed E-state index contributed by atoms with van der Waals surface area (Å²) in [6, 6.07) is 13.4. The van der Waals surface area contributed by atoms with E-state index in [0.29, 0.717) is 16.6 Å². The highest BCUT2D eigenvalue weighted by atomic mass is 35.5. The summed E-state index contributed by atoms with van der Waals surface area (Å²) in [4.78, 5) is 42.3. The number of ether oxygens (including phenoxy) is 1. The summed E-state index contributed by atoms with van der Waals surface area (Å²) >= 11 is 6.50. The summed E-state index contributed by atoms with van der Waals surface area (Å²) in [5.41, 5.74) is 2.35. The van der Waals surface area contributed by atoms with Crippen LogP contribution >= 0.6 is 11.6 Å². The maximum Gasteiger partial charge on any atom is 0.354 e. The van der Waals surface area contributed by atoms with Crippen molar-refractivity contribution in [1.29, 1.82) is 0 Å². The Hall–Kier alpha value is -3.39. The van der Waals surface area contributed by atoms with Crippen molar-refractivity contribution in [2.45, 2.75) is 46.2 Å². The zero-order valence-electron chi connectivity index (χ0n) is 20.1. The number of carbonyl (C=O) groups excluding carboxylic acids is 1. The molecule has 0 aliphatic heterocycles. The number of hydrogen-bond acceptors (Lipinski definition) is 6. The van der Waals surface area contributed by atoms with Gasteiger partial charge in [-0.15, -0.1) is 0 Å². The van der Waals surface area contributed by atoms with Crippen LogP contribution in [0.25, 0.3) is 0 Å². The van der Waals surface area contributed by atoms with Gasteiger partial charge in [0.05, 0.1) is 19.6 Å². The topological polar surface area (TPSA) is 95.2 Å². The van der Waals surface area contributed by atoms with E-state index < -0.39 is 23.3 Å². The van der Waals surface area contributed by atoms with Crippen molar-refractivity contribution >= 4 is 29.2 Å². The third-order valence-electron chi connectivity index (χ3n) is 6.19. The molecular formula is C26H29ClN4O4. The van der Waals surface area contributed by atoms with E-state index in [2.05, 4.69) is 10.3 Å². The molecule has 3 aromatic rings. The number of carbonyl (C=O) groups is 1. The molecule has 35 heavy (non-hydrogen) atoms. The lowest BCUT2D eigenvalue weighted by Crippen LogP contribution is -2.44. The smallest absolute Gasteiger partial charge is 0.354 e. The van der Waals surface area contributed by atoms with Crippen LogP contribution in [0.4, 0.5) is 11.6 Å². The minimum atomic E-state index is -0.746. The average molecular weight is 497 g/mol. The first kappa shape index (κ1) is 24.7. The predicted octanol–water partition coefficient (Wildman–Crippen LogP) is 3.92. The Morgan fingerprint density at radius 3 is 2.51 bits per heavy atom. The van der Waals surface area contributed by atoms with E-state index in [1.807, 2.05) is 43.3 Å². The zero-order chi connectivity index (χ0) is 25.1. The molecule has 8 nitrogen and oxygen atoms in total. The normalized spacial score (nSPS) is 13.9. The summed E-state index contributed by atoms with van der Waals surface area (Å²) in [5, 5.41) is 3.73. The summed E-state index contributed by atoms with van der Waals surface area (Å²) in [5.74, 6) is -0.387. The van der Waals surface area contributed by atoms with Gasteiger partial charge in [0.15, 0.2) is 0 Å². The molecule has 1 N–H and O–H groups in total. The SMILES string of the molecule is COC(=O)[C@@H](C)Cn1c(=O)nc(Nc2ccc(CC3CC3)c(Cl)c2)n(Cc2ccc(C)cc2)c1=O. The molecule has 1 aliphatic rings. The van der Waals surface area contributed by atoms with Crippen molar-refractivity contribution in [3.05, 3.63) is 85.1 Å². The second-order valence-electron chi connectivity index (χ2n) is 9.19. The van der Waals surface area contributed by atoms with E-state index >= 15 is 0 Å². The second kappa shape index (κ2) is 10.5. The highest BCUT2D eigenvalue weighted by Crippen LogP contribution is 2.35.